The molecule has 0 fully saturated rings. The Morgan fingerprint density at radius 3 is 2.85 bits per heavy atom. The van der Waals surface area contributed by atoms with E-state index >= 15 is 0 Å². The first kappa shape index (κ1) is 9.92. The van der Waals surface area contributed by atoms with Crippen molar-refractivity contribution >= 4 is 23.4 Å². The van der Waals surface area contributed by atoms with Crippen LogP contribution in [0.15, 0.2) is 23.1 Å². The molecule has 0 radical (unpaired) electrons. The second-order valence-electron chi connectivity index (χ2n) is 2.71. The number of hydrogen-bond donors (Lipinski definition) is 2. The van der Waals surface area contributed by atoms with Gasteiger partial charge in [-0.25, -0.2) is 0 Å². The molecule has 0 bridgehead atoms. The number of aryl methyl sites for hydroxylation is 1. The number of nitrogens with two attached hydrogens (primary N) is 1. The van der Waals surface area contributed by atoms with E-state index in [0.717, 1.165) is 10.5 Å². The summed E-state index contributed by atoms with van der Waals surface area (Å²) in [5.74, 6) is -0.716. The zero-order chi connectivity index (χ0) is 9.84. The highest BCUT2D eigenvalue weighted by Gasteiger charge is 2.02. The molecular formula is C9H11NO2S. The van der Waals surface area contributed by atoms with Crippen molar-refractivity contribution in [3.8, 4) is 0 Å². The van der Waals surface area contributed by atoms with Crippen LogP contribution in [0, 0.1) is 6.92 Å². The Morgan fingerprint density at radius 1 is 1.62 bits per heavy atom. The van der Waals surface area contributed by atoms with E-state index in [1.807, 2.05) is 19.1 Å². The highest BCUT2D eigenvalue weighted by atomic mass is 32.2. The van der Waals surface area contributed by atoms with Crippen LogP contribution < -0.4 is 5.73 Å². The van der Waals surface area contributed by atoms with E-state index in [1.54, 1.807) is 6.07 Å². The predicted molar refractivity (Wildman–Crippen MR) is 54.0 cm³/mol. The standard InChI is InChI=1S/C9H11NO2S/c1-6-4-7(10)2-3-8(6)13-5-9(11)12/h2-4H,5,10H2,1H3,(H,11,12). The van der Waals surface area contributed by atoms with Crippen molar-refractivity contribution in [3.05, 3.63) is 23.8 Å². The summed E-state index contributed by atoms with van der Waals surface area (Å²) < 4.78 is 0. The largest absolute Gasteiger partial charge is 0.481 e. The van der Waals surface area contributed by atoms with Crippen LogP contribution in [0.2, 0.25) is 0 Å². The molecule has 1 rings (SSSR count). The van der Waals surface area contributed by atoms with Crippen molar-refractivity contribution in [2.75, 3.05) is 11.5 Å². The Kier molecular flexibility index (Phi) is 3.19. The van der Waals surface area contributed by atoms with Crippen molar-refractivity contribution in [3.63, 3.8) is 0 Å². The SMILES string of the molecule is Cc1cc(N)ccc1SCC(=O)O. The highest BCUT2D eigenvalue weighted by Crippen LogP contribution is 2.23. The fourth-order valence-electron chi connectivity index (χ4n) is 0.974. The van der Waals surface area contributed by atoms with E-state index in [-0.39, 0.29) is 5.75 Å². The minimum Gasteiger partial charge on any atom is -0.481 e. The number of carboxylic acid groups (broad SMARTS) is 1. The lowest BCUT2D eigenvalue weighted by molar-refractivity contribution is -0.133. The van der Waals surface area contributed by atoms with Crippen LogP contribution in [0.5, 0.6) is 0 Å². The van der Waals surface area contributed by atoms with Crippen molar-refractivity contribution in [1.82, 2.24) is 0 Å². The van der Waals surface area contributed by atoms with Gasteiger partial charge in [-0.3, -0.25) is 4.79 Å². The van der Waals surface area contributed by atoms with E-state index in [9.17, 15) is 4.79 Å². The molecule has 0 saturated heterocycles. The number of aliphatic carboxylic acids is 1. The average Bonchev–Trinajstić information content (AvgIpc) is 2.02. The van der Waals surface area contributed by atoms with Gasteiger partial charge in [0, 0.05) is 10.6 Å². The lowest BCUT2D eigenvalue weighted by Crippen LogP contribution is -1.98. The van der Waals surface area contributed by atoms with E-state index in [4.69, 9.17) is 10.8 Å². The Balaban J connectivity index is 2.72. The van der Waals surface area contributed by atoms with Gasteiger partial charge in [0.25, 0.3) is 0 Å². The molecule has 0 saturated carbocycles. The molecule has 0 aliphatic rings. The third kappa shape index (κ3) is 2.99. The summed E-state index contributed by atoms with van der Waals surface area (Å²) in [4.78, 5) is 11.3. The van der Waals surface area contributed by atoms with E-state index in [2.05, 4.69) is 0 Å². The van der Waals surface area contributed by atoms with Gasteiger partial charge in [0.1, 0.15) is 0 Å². The van der Waals surface area contributed by atoms with Crippen LogP contribution in [0.3, 0.4) is 0 Å². The fourth-order valence-corrected chi connectivity index (χ4v) is 1.70. The smallest absolute Gasteiger partial charge is 0.313 e. The van der Waals surface area contributed by atoms with Gasteiger partial charge in [0.15, 0.2) is 0 Å². The molecule has 0 aliphatic heterocycles. The van der Waals surface area contributed by atoms with Crippen molar-refractivity contribution in [1.29, 1.82) is 0 Å². The molecule has 0 aromatic heterocycles. The molecule has 4 heteroatoms. The van der Waals surface area contributed by atoms with Gasteiger partial charge >= 0.3 is 5.97 Å². The third-order valence-electron chi connectivity index (χ3n) is 1.55. The van der Waals surface area contributed by atoms with Gasteiger partial charge in [0.05, 0.1) is 5.75 Å². The van der Waals surface area contributed by atoms with Crippen LogP contribution in [0.1, 0.15) is 5.56 Å². The zero-order valence-electron chi connectivity index (χ0n) is 7.28. The van der Waals surface area contributed by atoms with Gasteiger partial charge in [0.2, 0.25) is 0 Å². The summed E-state index contributed by atoms with van der Waals surface area (Å²) in [6, 6.07) is 5.46. The van der Waals surface area contributed by atoms with Crippen LogP contribution in [-0.2, 0) is 4.79 Å². The molecule has 0 spiro atoms. The summed E-state index contributed by atoms with van der Waals surface area (Å²) in [5, 5.41) is 8.47. The summed E-state index contributed by atoms with van der Waals surface area (Å²) in [6.07, 6.45) is 0. The zero-order valence-corrected chi connectivity index (χ0v) is 8.10. The predicted octanol–water partition coefficient (Wildman–Crippen LogP) is 1.75. The molecule has 0 aliphatic carbocycles. The van der Waals surface area contributed by atoms with Gasteiger partial charge in [-0.15, -0.1) is 11.8 Å². The summed E-state index contributed by atoms with van der Waals surface area (Å²) in [7, 11) is 0. The lowest BCUT2D eigenvalue weighted by Gasteiger charge is -2.03. The number of rotatable bonds is 3. The maximum atomic E-state index is 10.3. The molecular weight excluding hydrogens is 186 g/mol. The number of hydrogen-bond acceptors (Lipinski definition) is 3. The van der Waals surface area contributed by atoms with E-state index < -0.39 is 5.97 Å². The van der Waals surface area contributed by atoms with Crippen molar-refractivity contribution in [2.24, 2.45) is 0 Å². The number of benzene rings is 1. The fraction of sp³-hybridized carbons (Fsp3) is 0.222. The first-order valence-corrected chi connectivity index (χ1v) is 4.79. The normalized spacial score (nSPS) is 9.92. The molecule has 70 valence electrons. The molecule has 1 aromatic rings. The number of nitrogen functional groups attached to an aromatic ring is 1. The molecule has 0 atom stereocenters. The minimum absolute atomic E-state index is 0.0881. The van der Waals surface area contributed by atoms with Gasteiger partial charge in [-0.2, -0.15) is 0 Å². The van der Waals surface area contributed by atoms with Gasteiger partial charge in [-0.05, 0) is 30.7 Å². The number of thioether (sulfide) groups is 1. The highest BCUT2D eigenvalue weighted by molar-refractivity contribution is 8.00. The summed E-state index contributed by atoms with van der Waals surface area (Å²) in [5.41, 5.74) is 7.28. The first-order valence-electron chi connectivity index (χ1n) is 3.80. The Hall–Kier alpha value is -1.16. The second kappa shape index (κ2) is 4.18. The summed E-state index contributed by atoms with van der Waals surface area (Å²) in [6.45, 7) is 1.92. The maximum Gasteiger partial charge on any atom is 0.313 e. The first-order chi connectivity index (χ1) is 6.09. The van der Waals surface area contributed by atoms with Crippen LogP contribution in [0.25, 0.3) is 0 Å². The number of anilines is 1. The van der Waals surface area contributed by atoms with Crippen LogP contribution in [-0.4, -0.2) is 16.8 Å². The molecule has 1 aromatic carbocycles. The Labute approximate surface area is 80.9 Å². The van der Waals surface area contributed by atoms with Gasteiger partial charge < -0.3 is 10.8 Å². The third-order valence-corrected chi connectivity index (χ3v) is 2.71. The second-order valence-corrected chi connectivity index (χ2v) is 3.72. The van der Waals surface area contributed by atoms with Crippen molar-refractivity contribution in [2.45, 2.75) is 11.8 Å². The number of carbonyl (C=O) groups is 1. The van der Waals surface area contributed by atoms with E-state index in [1.165, 1.54) is 11.8 Å². The Bertz CT molecular complexity index is 325. The number of carboxylic acids is 1. The molecule has 13 heavy (non-hydrogen) atoms. The summed E-state index contributed by atoms with van der Waals surface area (Å²) >= 11 is 1.31. The van der Waals surface area contributed by atoms with E-state index in [0.29, 0.717) is 5.69 Å². The monoisotopic (exact) mass is 197 g/mol. The van der Waals surface area contributed by atoms with Crippen LogP contribution >= 0.6 is 11.8 Å². The molecule has 0 heterocycles. The quantitative estimate of drug-likeness (QED) is 0.572. The molecule has 3 nitrogen and oxygen atoms in total. The topological polar surface area (TPSA) is 63.3 Å². The molecule has 0 amide bonds. The molecule has 0 unspecified atom stereocenters. The van der Waals surface area contributed by atoms with Gasteiger partial charge in [-0.1, -0.05) is 0 Å². The van der Waals surface area contributed by atoms with Crippen molar-refractivity contribution < 1.29 is 9.90 Å². The van der Waals surface area contributed by atoms with Crippen LogP contribution in [0.4, 0.5) is 5.69 Å². The average molecular weight is 197 g/mol. The Morgan fingerprint density at radius 2 is 2.31 bits per heavy atom. The lowest BCUT2D eigenvalue weighted by atomic mass is 10.2. The minimum atomic E-state index is -0.804. The maximum absolute atomic E-state index is 10.3. The molecule has 3 N–H and O–H groups in total.